The van der Waals surface area contributed by atoms with Gasteiger partial charge in [0.1, 0.15) is 0 Å². The minimum absolute atomic E-state index is 0.192. The van der Waals surface area contributed by atoms with Crippen LogP contribution in [0.25, 0.3) is 0 Å². The molecule has 100 valence electrons. The molecule has 18 heavy (non-hydrogen) atoms. The predicted octanol–water partition coefficient (Wildman–Crippen LogP) is 1.66. The lowest BCUT2D eigenvalue weighted by molar-refractivity contribution is 0.426. The maximum Gasteiger partial charge on any atom is 0.150 e. The van der Waals surface area contributed by atoms with E-state index in [1.807, 2.05) is 18.2 Å². The topological polar surface area (TPSA) is 72.2 Å². The van der Waals surface area contributed by atoms with Crippen molar-refractivity contribution in [2.24, 2.45) is 5.73 Å². The molecule has 0 unspecified atom stereocenters. The number of rotatable bonds is 3. The number of benzene rings is 1. The van der Waals surface area contributed by atoms with E-state index in [2.05, 4.69) is 5.32 Å². The number of hydrogen-bond acceptors (Lipinski definition) is 4. The Bertz CT molecular complexity index is 517. The lowest BCUT2D eigenvalue weighted by Gasteiger charge is -2.37. The average molecular weight is 289 g/mol. The molecule has 3 N–H and O–H groups in total. The molecule has 1 aromatic rings. The van der Waals surface area contributed by atoms with Gasteiger partial charge in [-0.1, -0.05) is 17.7 Å². The first kappa shape index (κ1) is 13.6. The fraction of sp³-hybridized carbons (Fsp3) is 0.500. The van der Waals surface area contributed by atoms with Crippen LogP contribution in [0.5, 0.6) is 0 Å². The quantitative estimate of drug-likeness (QED) is 0.887. The zero-order chi connectivity index (χ0) is 13.2. The number of halogens is 1. The molecule has 1 saturated heterocycles. The molecular weight excluding hydrogens is 272 g/mol. The number of sulfone groups is 1. The number of nitrogens with two attached hydrogens (primary N) is 1. The molecule has 1 fully saturated rings. The molecule has 6 heteroatoms. The van der Waals surface area contributed by atoms with Crippen LogP contribution in [0.4, 0.5) is 5.69 Å². The van der Waals surface area contributed by atoms with Gasteiger partial charge in [0, 0.05) is 17.3 Å². The van der Waals surface area contributed by atoms with E-state index in [0.29, 0.717) is 24.4 Å². The van der Waals surface area contributed by atoms with E-state index >= 15 is 0 Å². The summed E-state index contributed by atoms with van der Waals surface area (Å²) in [5, 5.41) is 4.00. The minimum Gasteiger partial charge on any atom is -0.378 e. The molecule has 0 aromatic heterocycles. The largest absolute Gasteiger partial charge is 0.378 e. The van der Waals surface area contributed by atoms with Crippen LogP contribution in [0.1, 0.15) is 12.8 Å². The summed E-state index contributed by atoms with van der Waals surface area (Å²) in [6.45, 7) is 0.412. The van der Waals surface area contributed by atoms with Gasteiger partial charge in [0.05, 0.1) is 17.0 Å². The van der Waals surface area contributed by atoms with E-state index in [1.165, 1.54) is 0 Å². The Labute approximate surface area is 112 Å². The monoisotopic (exact) mass is 288 g/mol. The molecule has 1 aliphatic heterocycles. The predicted molar refractivity (Wildman–Crippen MR) is 74.7 cm³/mol. The van der Waals surface area contributed by atoms with Gasteiger partial charge in [0.25, 0.3) is 0 Å². The second-order valence-corrected chi connectivity index (χ2v) is 7.51. The smallest absolute Gasteiger partial charge is 0.150 e. The first-order valence-electron chi connectivity index (χ1n) is 5.89. The van der Waals surface area contributed by atoms with Gasteiger partial charge < -0.3 is 11.1 Å². The summed E-state index contributed by atoms with van der Waals surface area (Å²) < 4.78 is 22.9. The first-order chi connectivity index (χ1) is 8.45. The van der Waals surface area contributed by atoms with Crippen molar-refractivity contribution in [2.75, 3.05) is 23.4 Å². The molecule has 0 spiro atoms. The van der Waals surface area contributed by atoms with Crippen LogP contribution in [-0.2, 0) is 9.84 Å². The summed E-state index contributed by atoms with van der Waals surface area (Å²) in [7, 11) is -2.89. The summed E-state index contributed by atoms with van der Waals surface area (Å²) in [4.78, 5) is 0. The maximum absolute atomic E-state index is 11.5. The molecule has 1 aromatic carbocycles. The third-order valence-corrected chi connectivity index (χ3v) is 5.30. The highest BCUT2D eigenvalue weighted by Crippen LogP contribution is 2.28. The van der Waals surface area contributed by atoms with E-state index < -0.39 is 9.84 Å². The van der Waals surface area contributed by atoms with Gasteiger partial charge in [0.15, 0.2) is 9.84 Å². The molecule has 0 amide bonds. The van der Waals surface area contributed by atoms with Crippen LogP contribution in [0.15, 0.2) is 24.3 Å². The number of hydrogen-bond donors (Lipinski definition) is 2. The van der Waals surface area contributed by atoms with Gasteiger partial charge >= 0.3 is 0 Å². The summed E-state index contributed by atoms with van der Waals surface area (Å²) in [6, 6.07) is 7.39. The average Bonchev–Trinajstić information content (AvgIpc) is 2.33. The molecule has 1 aliphatic rings. The van der Waals surface area contributed by atoms with Crippen LogP contribution >= 0.6 is 11.6 Å². The van der Waals surface area contributed by atoms with Gasteiger partial charge in [-0.3, -0.25) is 0 Å². The highest BCUT2D eigenvalue weighted by molar-refractivity contribution is 7.91. The van der Waals surface area contributed by atoms with E-state index in [4.69, 9.17) is 17.3 Å². The van der Waals surface area contributed by atoms with Crippen molar-refractivity contribution in [3.05, 3.63) is 29.3 Å². The maximum atomic E-state index is 11.5. The third-order valence-electron chi connectivity index (χ3n) is 3.41. The molecule has 0 radical (unpaired) electrons. The molecule has 0 atom stereocenters. The second-order valence-electron chi connectivity index (χ2n) is 4.77. The molecule has 0 saturated carbocycles. The zero-order valence-electron chi connectivity index (χ0n) is 10.0. The standard InChI is InChI=1S/C12H17ClN2O2S/c13-10-2-1-3-11(8-10)15-12(9-14)4-6-18(16,17)7-5-12/h1-3,8,15H,4-7,9,14H2. The number of nitrogens with one attached hydrogen (secondary N) is 1. The zero-order valence-corrected chi connectivity index (χ0v) is 11.6. The van der Waals surface area contributed by atoms with Gasteiger partial charge in [-0.15, -0.1) is 0 Å². The van der Waals surface area contributed by atoms with Gasteiger partial charge in [-0.25, -0.2) is 8.42 Å². The molecular formula is C12H17ClN2O2S. The second kappa shape index (κ2) is 5.07. The van der Waals surface area contributed by atoms with Crippen molar-refractivity contribution in [3.8, 4) is 0 Å². The fourth-order valence-corrected chi connectivity index (χ4v) is 3.98. The van der Waals surface area contributed by atoms with Crippen molar-refractivity contribution < 1.29 is 8.42 Å². The number of anilines is 1. The Morgan fingerprint density at radius 2 is 2.00 bits per heavy atom. The highest BCUT2D eigenvalue weighted by atomic mass is 35.5. The van der Waals surface area contributed by atoms with Crippen LogP contribution in [0.2, 0.25) is 5.02 Å². The lowest BCUT2D eigenvalue weighted by atomic mass is 9.92. The fourth-order valence-electron chi connectivity index (χ4n) is 2.18. The Morgan fingerprint density at radius 3 is 2.56 bits per heavy atom. The lowest BCUT2D eigenvalue weighted by Crippen LogP contribution is -2.51. The Balaban J connectivity index is 2.15. The van der Waals surface area contributed by atoms with Crippen molar-refractivity contribution >= 4 is 27.1 Å². The summed E-state index contributed by atoms with van der Waals surface area (Å²) >= 11 is 5.93. The summed E-state index contributed by atoms with van der Waals surface area (Å²) in [5.41, 5.74) is 6.37. The van der Waals surface area contributed by atoms with E-state index in [9.17, 15) is 8.42 Å². The van der Waals surface area contributed by atoms with Gasteiger partial charge in [-0.05, 0) is 31.0 Å². The Hall–Kier alpha value is -0.780. The van der Waals surface area contributed by atoms with Crippen molar-refractivity contribution in [1.29, 1.82) is 0 Å². The molecule has 0 aliphatic carbocycles. The minimum atomic E-state index is -2.89. The Kier molecular flexibility index (Phi) is 3.84. The van der Waals surface area contributed by atoms with Crippen molar-refractivity contribution in [2.45, 2.75) is 18.4 Å². The van der Waals surface area contributed by atoms with Crippen molar-refractivity contribution in [1.82, 2.24) is 0 Å². The van der Waals surface area contributed by atoms with Crippen LogP contribution < -0.4 is 11.1 Å². The molecule has 2 rings (SSSR count). The SMILES string of the molecule is NCC1(Nc2cccc(Cl)c2)CCS(=O)(=O)CC1. The van der Waals surface area contributed by atoms with Crippen molar-refractivity contribution in [3.63, 3.8) is 0 Å². The molecule has 1 heterocycles. The van der Waals surface area contributed by atoms with Crippen LogP contribution in [0.3, 0.4) is 0 Å². The Morgan fingerprint density at radius 1 is 1.33 bits per heavy atom. The normalized spacial score (nSPS) is 21.4. The van der Waals surface area contributed by atoms with Crippen LogP contribution in [-0.4, -0.2) is 32.0 Å². The highest BCUT2D eigenvalue weighted by Gasteiger charge is 2.36. The van der Waals surface area contributed by atoms with E-state index in [-0.39, 0.29) is 17.0 Å². The van der Waals surface area contributed by atoms with Gasteiger partial charge in [0.2, 0.25) is 0 Å². The van der Waals surface area contributed by atoms with Gasteiger partial charge in [-0.2, -0.15) is 0 Å². The van der Waals surface area contributed by atoms with E-state index in [0.717, 1.165) is 5.69 Å². The summed E-state index contributed by atoms with van der Waals surface area (Å²) in [5.74, 6) is 0.384. The molecule has 0 bridgehead atoms. The summed E-state index contributed by atoms with van der Waals surface area (Å²) in [6.07, 6.45) is 1.08. The van der Waals surface area contributed by atoms with Crippen LogP contribution in [0, 0.1) is 0 Å². The molecule has 4 nitrogen and oxygen atoms in total. The van der Waals surface area contributed by atoms with E-state index in [1.54, 1.807) is 6.07 Å². The first-order valence-corrected chi connectivity index (χ1v) is 8.09. The third kappa shape index (κ3) is 3.16.